The number of morpholine rings is 1. The monoisotopic (exact) mass is 367 g/mol. The minimum Gasteiger partial charge on any atom is -0.375 e. The first-order valence-corrected chi connectivity index (χ1v) is 10.5. The van der Waals surface area contributed by atoms with E-state index in [2.05, 4.69) is 36.5 Å². The number of benzene rings is 1. The van der Waals surface area contributed by atoms with Crippen molar-refractivity contribution in [3.05, 3.63) is 35.4 Å². The van der Waals surface area contributed by atoms with Gasteiger partial charge in [-0.05, 0) is 31.4 Å². The van der Waals surface area contributed by atoms with Crippen molar-refractivity contribution in [2.24, 2.45) is 0 Å². The van der Waals surface area contributed by atoms with Crippen LogP contribution in [0.1, 0.15) is 37.9 Å². The normalized spacial score (nSPS) is 29.6. The maximum absolute atomic E-state index is 13.4. The summed E-state index contributed by atoms with van der Waals surface area (Å²) >= 11 is 0. The molecule has 3 atom stereocenters. The highest BCUT2D eigenvalue weighted by Crippen LogP contribution is 2.29. The summed E-state index contributed by atoms with van der Waals surface area (Å²) < 4.78 is 35.6. The fourth-order valence-corrected chi connectivity index (χ4v) is 5.57. The number of hydrogen-bond acceptors (Lipinski definition) is 4. The first-order valence-electron chi connectivity index (χ1n) is 9.13. The van der Waals surface area contributed by atoms with E-state index in [9.17, 15) is 8.42 Å². The molecule has 0 radical (unpaired) electrons. The minimum absolute atomic E-state index is 0.0730. The van der Waals surface area contributed by atoms with Gasteiger partial charge >= 0.3 is 0 Å². The first kappa shape index (κ1) is 18.8. The third-order valence-corrected chi connectivity index (χ3v) is 7.24. The molecule has 2 aliphatic heterocycles. The summed E-state index contributed by atoms with van der Waals surface area (Å²) in [4.78, 5) is 0. The van der Waals surface area contributed by atoms with E-state index in [1.54, 1.807) is 8.61 Å². The van der Waals surface area contributed by atoms with Crippen LogP contribution in [0.5, 0.6) is 0 Å². The average molecular weight is 368 g/mol. The van der Waals surface area contributed by atoms with E-state index in [1.165, 1.54) is 5.56 Å². The Morgan fingerprint density at radius 3 is 2.60 bits per heavy atom. The van der Waals surface area contributed by atoms with Crippen molar-refractivity contribution in [3.8, 4) is 0 Å². The predicted octanol–water partition coefficient (Wildman–Crippen LogP) is 1.55. The fourth-order valence-electron chi connectivity index (χ4n) is 3.55. The van der Waals surface area contributed by atoms with E-state index < -0.39 is 10.2 Å². The summed E-state index contributed by atoms with van der Waals surface area (Å²) in [5, 5.41) is 3.34. The van der Waals surface area contributed by atoms with Crippen molar-refractivity contribution in [1.82, 2.24) is 13.9 Å². The van der Waals surface area contributed by atoms with Crippen molar-refractivity contribution in [2.45, 2.75) is 45.4 Å². The molecule has 0 spiro atoms. The zero-order valence-corrected chi connectivity index (χ0v) is 16.1. The summed E-state index contributed by atoms with van der Waals surface area (Å²) in [6.45, 7) is 8.62. The Morgan fingerprint density at radius 2 is 1.92 bits per heavy atom. The van der Waals surface area contributed by atoms with Gasteiger partial charge in [0.05, 0.1) is 18.8 Å². The molecule has 3 unspecified atom stereocenters. The highest BCUT2D eigenvalue weighted by atomic mass is 32.2. The molecule has 0 amide bonds. The highest BCUT2D eigenvalue weighted by molar-refractivity contribution is 7.86. The van der Waals surface area contributed by atoms with E-state index in [0.717, 1.165) is 12.0 Å². The van der Waals surface area contributed by atoms with Crippen LogP contribution in [-0.2, 0) is 21.4 Å². The van der Waals surface area contributed by atoms with E-state index in [1.807, 2.05) is 13.8 Å². The average Bonchev–Trinajstić information content (AvgIpc) is 2.63. The second-order valence-electron chi connectivity index (χ2n) is 7.00. The molecular formula is C18H29N3O3S. The third kappa shape index (κ3) is 3.90. The van der Waals surface area contributed by atoms with Gasteiger partial charge in [-0.25, -0.2) is 0 Å². The molecule has 25 heavy (non-hydrogen) atoms. The van der Waals surface area contributed by atoms with Crippen LogP contribution in [0.25, 0.3) is 0 Å². The Bertz CT molecular complexity index is 677. The van der Waals surface area contributed by atoms with Gasteiger partial charge in [0.1, 0.15) is 0 Å². The van der Waals surface area contributed by atoms with Gasteiger partial charge in [0.2, 0.25) is 0 Å². The molecule has 0 aromatic heterocycles. The number of piperazine rings is 1. The van der Waals surface area contributed by atoms with E-state index >= 15 is 0 Å². The Kier molecular flexibility index (Phi) is 5.80. The molecule has 2 fully saturated rings. The highest BCUT2D eigenvalue weighted by Gasteiger charge is 2.41. The molecule has 1 aromatic rings. The van der Waals surface area contributed by atoms with Crippen LogP contribution >= 0.6 is 0 Å². The Balaban J connectivity index is 1.88. The van der Waals surface area contributed by atoms with Crippen LogP contribution < -0.4 is 5.32 Å². The number of ether oxygens (including phenoxy) is 1. The number of nitrogens with zero attached hydrogens (tertiary/aromatic N) is 2. The van der Waals surface area contributed by atoms with Gasteiger partial charge < -0.3 is 10.1 Å². The molecule has 0 saturated carbocycles. The number of nitrogens with one attached hydrogen (secondary N) is 1. The summed E-state index contributed by atoms with van der Waals surface area (Å²) in [6.07, 6.45) is 0.908. The summed E-state index contributed by atoms with van der Waals surface area (Å²) in [5.41, 5.74) is 2.31. The van der Waals surface area contributed by atoms with Gasteiger partial charge in [-0.3, -0.25) is 0 Å². The molecule has 2 saturated heterocycles. The van der Waals surface area contributed by atoms with Crippen LogP contribution in [0.2, 0.25) is 0 Å². The molecule has 6 nitrogen and oxygen atoms in total. The fraction of sp³-hybridized carbons (Fsp3) is 0.667. The molecule has 3 rings (SSSR count). The number of rotatable bonds is 4. The van der Waals surface area contributed by atoms with Crippen molar-refractivity contribution in [1.29, 1.82) is 0 Å². The van der Waals surface area contributed by atoms with E-state index in [4.69, 9.17) is 4.74 Å². The van der Waals surface area contributed by atoms with E-state index in [-0.39, 0.29) is 18.2 Å². The lowest BCUT2D eigenvalue weighted by Crippen LogP contribution is -2.58. The molecule has 0 bridgehead atoms. The van der Waals surface area contributed by atoms with Gasteiger partial charge in [-0.1, -0.05) is 31.2 Å². The van der Waals surface area contributed by atoms with Crippen molar-refractivity contribution >= 4 is 10.2 Å². The second kappa shape index (κ2) is 7.72. The quantitative estimate of drug-likeness (QED) is 0.877. The van der Waals surface area contributed by atoms with Gasteiger partial charge in [0.15, 0.2) is 0 Å². The zero-order chi connectivity index (χ0) is 18.0. The minimum atomic E-state index is -3.53. The zero-order valence-electron chi connectivity index (χ0n) is 15.3. The molecule has 7 heteroatoms. The van der Waals surface area contributed by atoms with Crippen LogP contribution in [0.15, 0.2) is 24.3 Å². The van der Waals surface area contributed by atoms with Crippen LogP contribution in [0.3, 0.4) is 0 Å². The molecule has 1 aromatic carbocycles. The number of aryl methyl sites for hydroxylation is 1. The predicted molar refractivity (Wildman–Crippen MR) is 98.6 cm³/mol. The maximum Gasteiger partial charge on any atom is 0.283 e. The van der Waals surface area contributed by atoms with Gasteiger partial charge in [0.25, 0.3) is 10.2 Å². The lowest BCUT2D eigenvalue weighted by molar-refractivity contribution is -0.0198. The summed E-state index contributed by atoms with van der Waals surface area (Å²) in [6, 6.07) is 7.99. The Hall–Kier alpha value is -0.990. The van der Waals surface area contributed by atoms with Crippen molar-refractivity contribution in [2.75, 3.05) is 32.8 Å². The maximum atomic E-state index is 13.4. The van der Waals surface area contributed by atoms with Crippen LogP contribution in [0, 0.1) is 0 Å². The smallest absolute Gasteiger partial charge is 0.283 e. The topological polar surface area (TPSA) is 61.9 Å². The molecule has 140 valence electrons. The second-order valence-corrected chi connectivity index (χ2v) is 8.83. The largest absolute Gasteiger partial charge is 0.375 e. The molecule has 2 heterocycles. The molecular weight excluding hydrogens is 338 g/mol. The van der Waals surface area contributed by atoms with Crippen molar-refractivity contribution in [3.63, 3.8) is 0 Å². The number of hydrogen-bond donors (Lipinski definition) is 1. The molecule has 0 aliphatic carbocycles. The summed E-state index contributed by atoms with van der Waals surface area (Å²) in [5.74, 6) is 0. The standard InChI is InChI=1S/C18H29N3O3S/c1-4-16-5-7-17(8-6-16)18-11-19-9-10-20(18)25(22,23)21-12-15(3)24-13-14(21)2/h5-8,14-15,18-19H,4,9-13H2,1-3H3. The molecule has 1 N–H and O–H groups in total. The van der Waals surface area contributed by atoms with Gasteiger partial charge in [0, 0.05) is 32.2 Å². The molecule has 2 aliphatic rings. The Morgan fingerprint density at radius 1 is 1.20 bits per heavy atom. The van der Waals surface area contributed by atoms with E-state index in [0.29, 0.717) is 32.8 Å². The van der Waals surface area contributed by atoms with Crippen LogP contribution in [-0.4, -0.2) is 62.0 Å². The van der Waals surface area contributed by atoms with Gasteiger partial charge in [-0.15, -0.1) is 0 Å². The lowest BCUT2D eigenvalue weighted by Gasteiger charge is -2.42. The van der Waals surface area contributed by atoms with Crippen LogP contribution in [0.4, 0.5) is 0 Å². The first-order chi connectivity index (χ1) is 11.9. The lowest BCUT2D eigenvalue weighted by atomic mass is 10.0. The summed E-state index contributed by atoms with van der Waals surface area (Å²) in [7, 11) is -3.53. The van der Waals surface area contributed by atoms with Crippen molar-refractivity contribution < 1.29 is 13.2 Å². The Labute approximate surface area is 151 Å². The van der Waals surface area contributed by atoms with Gasteiger partial charge in [-0.2, -0.15) is 17.0 Å². The SMILES string of the molecule is CCc1ccc(C2CNCCN2S(=O)(=O)N2CC(C)OCC2C)cc1. The third-order valence-electron chi connectivity index (χ3n) is 5.11.